The summed E-state index contributed by atoms with van der Waals surface area (Å²) in [4.78, 5) is 0. The predicted octanol–water partition coefficient (Wildman–Crippen LogP) is 3.20. The minimum atomic E-state index is -5.15. The molecule has 0 rings (SSSR count). The first kappa shape index (κ1) is 13.5. The Kier molecular flexibility index (Phi) is 4.16. The van der Waals surface area contributed by atoms with Crippen LogP contribution in [-0.2, 0) is 4.74 Å². The van der Waals surface area contributed by atoms with E-state index in [1.165, 1.54) is 0 Å². The van der Waals surface area contributed by atoms with Crippen molar-refractivity contribution in [1.82, 2.24) is 0 Å². The van der Waals surface area contributed by atoms with Crippen LogP contribution >= 0.6 is 0 Å². The monoisotopic (exact) mass is 228 g/mol. The summed E-state index contributed by atoms with van der Waals surface area (Å²) in [5, 5.41) is 0. The van der Waals surface area contributed by atoms with Crippen molar-refractivity contribution in [3.05, 3.63) is 0 Å². The minimum Gasteiger partial charge on any atom is -0.289 e. The number of hydrogen-bond acceptors (Lipinski definition) is 1. The van der Waals surface area contributed by atoms with Crippen molar-refractivity contribution in [1.29, 1.82) is 0 Å². The maximum Gasteiger partial charge on any atom is 0.522 e. The van der Waals surface area contributed by atoms with Crippen LogP contribution in [0.25, 0.3) is 0 Å². The Hall–Kier alpha value is -0.530. The van der Waals surface area contributed by atoms with Gasteiger partial charge in [-0.05, 0) is 6.92 Å². The van der Waals surface area contributed by atoms with Gasteiger partial charge in [0.15, 0.2) is 6.17 Å². The molecule has 0 heterocycles. The second-order valence-electron chi connectivity index (χ2n) is 2.62. The fraction of sp³-hybridized carbons (Fsp3) is 1.00. The van der Waals surface area contributed by atoms with Gasteiger partial charge in [-0.25, -0.2) is 4.39 Å². The SMILES string of the molecule is CC(CC(F)C(F)(F)F)OC(F)(F)F. The van der Waals surface area contributed by atoms with E-state index < -0.39 is 31.2 Å². The fourth-order valence-electron chi connectivity index (χ4n) is 0.701. The zero-order valence-corrected chi connectivity index (χ0v) is 6.92. The van der Waals surface area contributed by atoms with E-state index in [0.29, 0.717) is 6.92 Å². The van der Waals surface area contributed by atoms with Crippen molar-refractivity contribution in [2.24, 2.45) is 0 Å². The summed E-state index contributed by atoms with van der Waals surface area (Å²) in [6.45, 7) is 0.714. The number of rotatable bonds is 3. The summed E-state index contributed by atoms with van der Waals surface area (Å²) in [5.74, 6) is 0. The van der Waals surface area contributed by atoms with Crippen LogP contribution in [0, 0.1) is 0 Å². The molecular weight excluding hydrogens is 221 g/mol. The summed E-state index contributed by atoms with van der Waals surface area (Å²) in [6, 6.07) is 0. The van der Waals surface area contributed by atoms with Gasteiger partial charge in [0, 0.05) is 6.42 Å². The Morgan fingerprint density at radius 2 is 1.50 bits per heavy atom. The van der Waals surface area contributed by atoms with Crippen molar-refractivity contribution >= 4 is 0 Å². The van der Waals surface area contributed by atoms with Crippen molar-refractivity contribution < 1.29 is 35.5 Å². The van der Waals surface area contributed by atoms with Gasteiger partial charge in [0.25, 0.3) is 0 Å². The standard InChI is InChI=1S/C6H7F7O/c1-3(14-6(11,12)13)2-4(7)5(8,9)10/h3-4H,2H2,1H3. The third kappa shape index (κ3) is 6.01. The summed E-state index contributed by atoms with van der Waals surface area (Å²) in [7, 11) is 0. The molecule has 0 amide bonds. The largest absolute Gasteiger partial charge is 0.522 e. The lowest BCUT2D eigenvalue weighted by Gasteiger charge is -2.18. The first-order valence-electron chi connectivity index (χ1n) is 3.47. The van der Waals surface area contributed by atoms with Crippen molar-refractivity contribution in [3.8, 4) is 0 Å². The van der Waals surface area contributed by atoms with E-state index in [-0.39, 0.29) is 0 Å². The van der Waals surface area contributed by atoms with E-state index in [2.05, 4.69) is 4.74 Å². The molecule has 0 saturated carbocycles. The second kappa shape index (κ2) is 4.33. The zero-order valence-electron chi connectivity index (χ0n) is 6.92. The third-order valence-corrected chi connectivity index (χ3v) is 1.23. The second-order valence-corrected chi connectivity index (χ2v) is 2.62. The van der Waals surface area contributed by atoms with Crippen molar-refractivity contribution in [2.45, 2.75) is 38.2 Å². The summed E-state index contributed by atoms with van der Waals surface area (Å²) in [6.07, 6.45) is -16.7. The molecule has 0 aromatic rings. The molecule has 2 atom stereocenters. The molecule has 0 bridgehead atoms. The van der Waals surface area contributed by atoms with Crippen LogP contribution < -0.4 is 0 Å². The Labute approximate surface area is 74.8 Å². The molecule has 0 N–H and O–H groups in total. The molecule has 8 heteroatoms. The molecule has 2 unspecified atom stereocenters. The van der Waals surface area contributed by atoms with Crippen LogP contribution in [0.3, 0.4) is 0 Å². The maximum atomic E-state index is 12.2. The summed E-state index contributed by atoms with van der Waals surface area (Å²) < 4.78 is 84.2. The molecule has 0 saturated heterocycles. The lowest BCUT2D eigenvalue weighted by Crippen LogP contribution is -2.31. The molecule has 0 aliphatic rings. The maximum absolute atomic E-state index is 12.2. The van der Waals surface area contributed by atoms with Crippen molar-refractivity contribution in [3.63, 3.8) is 0 Å². The Morgan fingerprint density at radius 1 is 1.07 bits per heavy atom. The minimum absolute atomic E-state index is 0.714. The Bertz CT molecular complexity index is 172. The number of alkyl halides is 7. The van der Waals surface area contributed by atoms with Crippen molar-refractivity contribution in [2.75, 3.05) is 0 Å². The number of ether oxygens (including phenoxy) is 1. The van der Waals surface area contributed by atoms with Gasteiger partial charge in [0.05, 0.1) is 6.10 Å². The molecule has 14 heavy (non-hydrogen) atoms. The highest BCUT2D eigenvalue weighted by atomic mass is 19.4. The molecule has 0 radical (unpaired) electrons. The predicted molar refractivity (Wildman–Crippen MR) is 32.2 cm³/mol. The average Bonchev–Trinajstić information content (AvgIpc) is 1.79. The topological polar surface area (TPSA) is 9.23 Å². The van der Waals surface area contributed by atoms with E-state index >= 15 is 0 Å². The number of hydrogen-bond donors (Lipinski definition) is 0. The van der Waals surface area contributed by atoms with Gasteiger partial charge in [-0.3, -0.25) is 4.74 Å². The smallest absolute Gasteiger partial charge is 0.289 e. The quantitative estimate of drug-likeness (QED) is 0.674. The molecule has 1 nitrogen and oxygen atoms in total. The lowest BCUT2D eigenvalue weighted by molar-refractivity contribution is -0.344. The van der Waals surface area contributed by atoms with E-state index in [4.69, 9.17) is 0 Å². The highest BCUT2D eigenvalue weighted by Crippen LogP contribution is 2.28. The fourth-order valence-corrected chi connectivity index (χ4v) is 0.701. The summed E-state index contributed by atoms with van der Waals surface area (Å²) in [5.41, 5.74) is 0. The van der Waals surface area contributed by atoms with Crippen LogP contribution in [0.4, 0.5) is 30.7 Å². The molecule has 0 aliphatic heterocycles. The van der Waals surface area contributed by atoms with E-state index in [9.17, 15) is 30.7 Å². The first-order valence-corrected chi connectivity index (χ1v) is 3.47. The van der Waals surface area contributed by atoms with E-state index in [1.54, 1.807) is 0 Å². The Morgan fingerprint density at radius 3 is 1.79 bits per heavy atom. The highest BCUT2D eigenvalue weighted by molar-refractivity contribution is 4.69. The highest BCUT2D eigenvalue weighted by Gasteiger charge is 2.42. The molecule has 0 spiro atoms. The summed E-state index contributed by atoms with van der Waals surface area (Å²) >= 11 is 0. The van der Waals surface area contributed by atoms with Crippen LogP contribution in [0.2, 0.25) is 0 Å². The zero-order chi connectivity index (χ0) is 11.6. The van der Waals surface area contributed by atoms with Gasteiger partial charge in [0.2, 0.25) is 0 Å². The van der Waals surface area contributed by atoms with Gasteiger partial charge < -0.3 is 0 Å². The van der Waals surface area contributed by atoms with Crippen LogP contribution in [-0.4, -0.2) is 24.8 Å². The normalized spacial score (nSPS) is 18.0. The van der Waals surface area contributed by atoms with Crippen LogP contribution in [0.5, 0.6) is 0 Å². The van der Waals surface area contributed by atoms with Crippen LogP contribution in [0.15, 0.2) is 0 Å². The molecular formula is C6H7F7O. The molecule has 86 valence electrons. The van der Waals surface area contributed by atoms with Crippen LogP contribution in [0.1, 0.15) is 13.3 Å². The molecule has 0 aromatic carbocycles. The van der Waals surface area contributed by atoms with Gasteiger partial charge in [-0.2, -0.15) is 13.2 Å². The molecule has 0 fully saturated rings. The Balaban J connectivity index is 4.01. The molecule has 0 aromatic heterocycles. The van der Waals surface area contributed by atoms with Gasteiger partial charge in [-0.15, -0.1) is 13.2 Å². The van der Waals surface area contributed by atoms with E-state index in [0.717, 1.165) is 0 Å². The average molecular weight is 228 g/mol. The lowest BCUT2D eigenvalue weighted by atomic mass is 10.2. The van der Waals surface area contributed by atoms with Gasteiger partial charge in [-0.1, -0.05) is 0 Å². The number of halogens is 7. The first-order chi connectivity index (χ1) is 6.02. The third-order valence-electron chi connectivity index (χ3n) is 1.23. The van der Waals surface area contributed by atoms with E-state index in [1.807, 2.05) is 0 Å². The molecule has 0 aliphatic carbocycles. The van der Waals surface area contributed by atoms with Gasteiger partial charge >= 0.3 is 12.5 Å². The van der Waals surface area contributed by atoms with Gasteiger partial charge in [0.1, 0.15) is 0 Å².